The first kappa shape index (κ1) is 10.6. The first-order chi connectivity index (χ1) is 6.77. The summed E-state index contributed by atoms with van der Waals surface area (Å²) in [5, 5.41) is 3.10. The van der Waals surface area contributed by atoms with Crippen molar-refractivity contribution in [3.63, 3.8) is 0 Å². The van der Waals surface area contributed by atoms with Crippen LogP contribution in [0.25, 0.3) is 0 Å². The molecule has 1 rings (SSSR count). The molecular weight excluding hydrogens is 178 g/mol. The van der Waals surface area contributed by atoms with Crippen LogP contribution in [0.1, 0.15) is 32.1 Å². The van der Waals surface area contributed by atoms with Crippen LogP contribution in [-0.4, -0.2) is 22.5 Å². The number of imidazole rings is 1. The summed E-state index contributed by atoms with van der Waals surface area (Å²) in [7, 11) is 0. The van der Waals surface area contributed by atoms with Gasteiger partial charge in [-0.1, -0.05) is 6.92 Å². The Labute approximate surface area is 83.8 Å². The van der Waals surface area contributed by atoms with Gasteiger partial charge in [0.15, 0.2) is 5.96 Å². The Balaban J connectivity index is 2.60. The first-order valence-corrected chi connectivity index (χ1v) is 4.83. The Hall–Kier alpha value is -1.52. The molecule has 1 heterocycles. The van der Waals surface area contributed by atoms with E-state index in [2.05, 4.69) is 27.2 Å². The lowest BCUT2D eigenvalue weighted by Gasteiger charge is -2.14. The lowest BCUT2D eigenvalue weighted by Crippen LogP contribution is -2.35. The minimum Gasteiger partial charge on any atom is -0.370 e. The van der Waals surface area contributed by atoms with Gasteiger partial charge in [-0.15, -0.1) is 0 Å². The molecule has 0 fully saturated rings. The van der Waals surface area contributed by atoms with Crippen molar-refractivity contribution in [3.05, 3.63) is 18.2 Å². The molecule has 5 heteroatoms. The van der Waals surface area contributed by atoms with Crippen LogP contribution in [0.4, 0.5) is 0 Å². The summed E-state index contributed by atoms with van der Waals surface area (Å²) in [4.78, 5) is 11.3. The highest BCUT2D eigenvalue weighted by Gasteiger charge is 2.11. The lowest BCUT2D eigenvalue weighted by atomic mass is 10.2. The maximum absolute atomic E-state index is 5.66. The molecule has 4 N–H and O–H groups in total. The maximum atomic E-state index is 5.66. The fourth-order valence-corrected chi connectivity index (χ4v) is 1.23. The van der Waals surface area contributed by atoms with E-state index in [0.717, 1.165) is 12.2 Å². The zero-order valence-electron chi connectivity index (χ0n) is 8.62. The van der Waals surface area contributed by atoms with Gasteiger partial charge >= 0.3 is 0 Å². The zero-order valence-corrected chi connectivity index (χ0v) is 8.62. The second kappa shape index (κ2) is 5.26. The van der Waals surface area contributed by atoms with Gasteiger partial charge in [-0.3, -0.25) is 4.99 Å². The summed E-state index contributed by atoms with van der Waals surface area (Å²) in [6.07, 6.45) is 4.44. The topological polar surface area (TPSA) is 79.1 Å². The highest BCUT2D eigenvalue weighted by Crippen LogP contribution is 2.10. The van der Waals surface area contributed by atoms with Crippen molar-refractivity contribution in [3.8, 4) is 0 Å². The molecule has 0 saturated heterocycles. The highest BCUT2D eigenvalue weighted by atomic mass is 15.1. The molecule has 78 valence electrons. The molecule has 0 aliphatic heterocycles. The third-order valence-corrected chi connectivity index (χ3v) is 1.91. The summed E-state index contributed by atoms with van der Waals surface area (Å²) in [5.74, 6) is 1.36. The van der Waals surface area contributed by atoms with Crippen molar-refractivity contribution in [1.82, 2.24) is 15.3 Å². The van der Waals surface area contributed by atoms with Gasteiger partial charge in [-0.2, -0.15) is 0 Å². The largest absolute Gasteiger partial charge is 0.370 e. The third-order valence-electron chi connectivity index (χ3n) is 1.91. The monoisotopic (exact) mass is 195 g/mol. The molecule has 1 aromatic rings. The van der Waals surface area contributed by atoms with Crippen LogP contribution in [0.3, 0.4) is 0 Å². The third kappa shape index (κ3) is 2.76. The van der Waals surface area contributed by atoms with E-state index >= 15 is 0 Å². The smallest absolute Gasteiger partial charge is 0.189 e. The lowest BCUT2D eigenvalue weighted by molar-refractivity contribution is 0.589. The fourth-order valence-electron chi connectivity index (χ4n) is 1.23. The molecule has 0 aliphatic carbocycles. The van der Waals surface area contributed by atoms with Crippen molar-refractivity contribution in [2.75, 3.05) is 6.54 Å². The fraction of sp³-hybridized carbons (Fsp3) is 0.556. The van der Waals surface area contributed by atoms with Crippen LogP contribution in [0.2, 0.25) is 0 Å². The van der Waals surface area contributed by atoms with Gasteiger partial charge in [-0.05, 0) is 13.3 Å². The second-order valence-electron chi connectivity index (χ2n) is 2.94. The molecule has 0 bridgehead atoms. The molecule has 0 spiro atoms. The average Bonchev–Trinajstić information content (AvgIpc) is 2.67. The van der Waals surface area contributed by atoms with E-state index in [4.69, 9.17) is 5.73 Å². The van der Waals surface area contributed by atoms with Crippen LogP contribution < -0.4 is 11.1 Å². The Morgan fingerprint density at radius 3 is 3.00 bits per heavy atom. The number of aromatic amines is 1. The molecule has 0 saturated carbocycles. The van der Waals surface area contributed by atoms with Gasteiger partial charge in [0.05, 0.1) is 6.04 Å². The summed E-state index contributed by atoms with van der Waals surface area (Å²) >= 11 is 0. The predicted molar refractivity (Wildman–Crippen MR) is 56.9 cm³/mol. The second-order valence-corrected chi connectivity index (χ2v) is 2.94. The molecule has 0 radical (unpaired) electrons. The number of aliphatic imine (C=N–C) groups is 1. The van der Waals surface area contributed by atoms with Crippen molar-refractivity contribution in [2.45, 2.75) is 26.3 Å². The maximum Gasteiger partial charge on any atom is 0.189 e. The SMILES string of the molecule is CCN=C(N)NC(CC)c1ncc[nH]1. The summed E-state index contributed by atoms with van der Waals surface area (Å²) in [6, 6.07) is 0.111. The van der Waals surface area contributed by atoms with Gasteiger partial charge in [0, 0.05) is 18.9 Å². The number of H-pyrrole nitrogens is 1. The number of nitrogens with two attached hydrogens (primary N) is 1. The Kier molecular flexibility index (Phi) is 3.97. The number of guanidine groups is 1. The molecule has 1 atom stereocenters. The molecule has 14 heavy (non-hydrogen) atoms. The van der Waals surface area contributed by atoms with Gasteiger partial charge in [-0.25, -0.2) is 4.98 Å². The number of nitrogens with one attached hydrogen (secondary N) is 2. The molecule has 0 aliphatic rings. The molecule has 1 unspecified atom stereocenters. The van der Waals surface area contributed by atoms with Crippen molar-refractivity contribution >= 4 is 5.96 Å². The molecular formula is C9H17N5. The molecule has 0 aromatic carbocycles. The predicted octanol–water partition coefficient (Wildman–Crippen LogP) is 0.785. The van der Waals surface area contributed by atoms with E-state index in [9.17, 15) is 0 Å². The van der Waals surface area contributed by atoms with Crippen molar-refractivity contribution < 1.29 is 0 Å². The van der Waals surface area contributed by atoms with Crippen LogP contribution in [0.15, 0.2) is 17.4 Å². The van der Waals surface area contributed by atoms with E-state index in [1.807, 2.05) is 6.92 Å². The average molecular weight is 195 g/mol. The Bertz CT molecular complexity index is 277. The number of rotatable bonds is 4. The summed E-state index contributed by atoms with van der Waals surface area (Å²) in [5.41, 5.74) is 5.66. The highest BCUT2D eigenvalue weighted by molar-refractivity contribution is 5.78. The van der Waals surface area contributed by atoms with Gasteiger partial charge < -0.3 is 16.0 Å². The van der Waals surface area contributed by atoms with Crippen LogP contribution >= 0.6 is 0 Å². The van der Waals surface area contributed by atoms with Gasteiger partial charge in [0.2, 0.25) is 0 Å². The van der Waals surface area contributed by atoms with Gasteiger partial charge in [0.25, 0.3) is 0 Å². The van der Waals surface area contributed by atoms with E-state index in [0.29, 0.717) is 12.5 Å². The standard InChI is InChI=1S/C9H17N5/c1-3-7(8-12-5-6-13-8)14-9(10)11-4-2/h5-7H,3-4H2,1-2H3,(H,12,13)(H3,10,11,14). The number of nitrogens with zero attached hydrogens (tertiary/aromatic N) is 2. The summed E-state index contributed by atoms with van der Waals surface area (Å²) in [6.45, 7) is 4.70. The van der Waals surface area contributed by atoms with Crippen molar-refractivity contribution in [2.24, 2.45) is 10.7 Å². The normalized spacial score (nSPS) is 14.0. The van der Waals surface area contributed by atoms with Gasteiger partial charge in [0.1, 0.15) is 5.82 Å². The quantitative estimate of drug-likeness (QED) is 0.491. The number of aromatic nitrogens is 2. The van der Waals surface area contributed by atoms with Crippen molar-refractivity contribution in [1.29, 1.82) is 0 Å². The van der Waals surface area contributed by atoms with Crippen LogP contribution in [-0.2, 0) is 0 Å². The number of hydrogen-bond donors (Lipinski definition) is 3. The number of hydrogen-bond acceptors (Lipinski definition) is 2. The first-order valence-electron chi connectivity index (χ1n) is 4.83. The molecule has 5 nitrogen and oxygen atoms in total. The molecule has 1 aromatic heterocycles. The zero-order chi connectivity index (χ0) is 10.4. The Morgan fingerprint density at radius 1 is 1.71 bits per heavy atom. The minimum atomic E-state index is 0.111. The minimum absolute atomic E-state index is 0.111. The van der Waals surface area contributed by atoms with E-state index < -0.39 is 0 Å². The van der Waals surface area contributed by atoms with E-state index in [-0.39, 0.29) is 6.04 Å². The van der Waals surface area contributed by atoms with Crippen LogP contribution in [0.5, 0.6) is 0 Å². The Morgan fingerprint density at radius 2 is 2.50 bits per heavy atom. The van der Waals surface area contributed by atoms with E-state index in [1.165, 1.54) is 0 Å². The van der Waals surface area contributed by atoms with E-state index in [1.54, 1.807) is 12.4 Å². The summed E-state index contributed by atoms with van der Waals surface area (Å²) < 4.78 is 0. The van der Waals surface area contributed by atoms with Crippen LogP contribution in [0, 0.1) is 0 Å². The molecule has 0 amide bonds.